The zero-order valence-corrected chi connectivity index (χ0v) is 12.1. The molecular weight excluding hydrogens is 291 g/mol. The lowest BCUT2D eigenvalue weighted by Gasteiger charge is -2.06. The molecule has 0 aliphatic rings. The highest BCUT2D eigenvalue weighted by Gasteiger charge is 2.12. The third-order valence-corrected chi connectivity index (χ3v) is 3.72. The number of hydrogen-bond donors (Lipinski definition) is 2. The van der Waals surface area contributed by atoms with Gasteiger partial charge in [-0.1, -0.05) is 18.2 Å². The second-order valence-corrected chi connectivity index (χ2v) is 5.43. The third-order valence-electron chi connectivity index (χ3n) is 2.79. The average Bonchev–Trinajstić information content (AvgIpc) is 2.98. The molecule has 21 heavy (non-hydrogen) atoms. The van der Waals surface area contributed by atoms with Crippen molar-refractivity contribution in [3.63, 3.8) is 0 Å². The van der Waals surface area contributed by atoms with Gasteiger partial charge in [-0.25, -0.2) is 4.39 Å². The summed E-state index contributed by atoms with van der Waals surface area (Å²) in [5.74, 6) is -1.77. The maximum absolute atomic E-state index is 13.0. The van der Waals surface area contributed by atoms with Crippen LogP contribution in [0, 0.1) is 5.82 Å². The topological polar surface area (TPSA) is 58.2 Å². The molecule has 4 nitrogen and oxygen atoms in total. The van der Waals surface area contributed by atoms with Crippen molar-refractivity contribution in [1.29, 1.82) is 0 Å². The van der Waals surface area contributed by atoms with Gasteiger partial charge in [0.05, 0.1) is 0 Å². The summed E-state index contributed by atoms with van der Waals surface area (Å²) in [6, 6.07) is 9.78. The summed E-state index contributed by atoms with van der Waals surface area (Å²) in [5.41, 5.74) is 0.606. The molecule has 0 aliphatic heterocycles. The smallest absolute Gasteiger partial charge is 0.309 e. The molecule has 0 aliphatic carbocycles. The number of thiophene rings is 1. The predicted molar refractivity (Wildman–Crippen MR) is 79.3 cm³/mol. The minimum absolute atomic E-state index is 0.120. The van der Waals surface area contributed by atoms with Gasteiger partial charge in [0.2, 0.25) is 0 Å². The summed E-state index contributed by atoms with van der Waals surface area (Å²) >= 11 is 1.60. The number of carbonyl (C=O) groups excluding carboxylic acids is 2. The molecule has 0 radical (unpaired) electrons. The Morgan fingerprint density at radius 2 is 1.90 bits per heavy atom. The van der Waals surface area contributed by atoms with Crippen LogP contribution in [-0.2, 0) is 22.6 Å². The summed E-state index contributed by atoms with van der Waals surface area (Å²) in [6.45, 7) is 0.529. The second kappa shape index (κ2) is 7.54. The van der Waals surface area contributed by atoms with Crippen LogP contribution in [0.5, 0.6) is 0 Å². The number of amides is 2. The normalized spacial score (nSPS) is 10.1. The minimum Gasteiger partial charge on any atom is -0.347 e. The van der Waals surface area contributed by atoms with Crippen molar-refractivity contribution < 1.29 is 14.0 Å². The summed E-state index contributed by atoms with van der Waals surface area (Å²) in [4.78, 5) is 24.3. The molecule has 1 aromatic carbocycles. The van der Waals surface area contributed by atoms with Crippen LogP contribution in [0.2, 0.25) is 0 Å². The predicted octanol–water partition coefficient (Wildman–Crippen LogP) is 1.86. The van der Waals surface area contributed by atoms with Gasteiger partial charge in [0.15, 0.2) is 0 Å². The Morgan fingerprint density at radius 3 is 2.62 bits per heavy atom. The Bertz CT molecular complexity index is 614. The molecule has 1 aromatic heterocycles. The van der Waals surface area contributed by atoms with E-state index in [0.717, 1.165) is 4.88 Å². The van der Waals surface area contributed by atoms with Gasteiger partial charge in [0, 0.05) is 18.0 Å². The van der Waals surface area contributed by atoms with Crippen LogP contribution < -0.4 is 10.6 Å². The van der Waals surface area contributed by atoms with Gasteiger partial charge < -0.3 is 10.6 Å². The van der Waals surface area contributed by atoms with E-state index in [1.165, 1.54) is 12.1 Å². The maximum Gasteiger partial charge on any atom is 0.309 e. The van der Waals surface area contributed by atoms with Crippen molar-refractivity contribution in [2.24, 2.45) is 0 Å². The van der Waals surface area contributed by atoms with E-state index in [1.54, 1.807) is 23.5 Å². The van der Waals surface area contributed by atoms with E-state index in [2.05, 4.69) is 10.6 Å². The summed E-state index contributed by atoms with van der Waals surface area (Å²) in [7, 11) is 0. The van der Waals surface area contributed by atoms with Gasteiger partial charge in [0.1, 0.15) is 5.82 Å². The van der Waals surface area contributed by atoms with Crippen molar-refractivity contribution in [1.82, 2.24) is 10.6 Å². The van der Waals surface area contributed by atoms with Crippen molar-refractivity contribution in [2.75, 3.05) is 6.54 Å². The van der Waals surface area contributed by atoms with Crippen molar-refractivity contribution >= 4 is 23.2 Å². The molecule has 0 saturated carbocycles. The molecule has 2 amide bonds. The van der Waals surface area contributed by atoms with Crippen LogP contribution in [0.4, 0.5) is 4.39 Å². The first-order valence-corrected chi connectivity index (χ1v) is 7.36. The fourth-order valence-corrected chi connectivity index (χ4v) is 2.45. The van der Waals surface area contributed by atoms with Crippen LogP contribution in [0.1, 0.15) is 10.4 Å². The van der Waals surface area contributed by atoms with Gasteiger partial charge in [-0.15, -0.1) is 11.3 Å². The molecular formula is C15H15FN2O2S. The molecule has 2 aromatic rings. The number of rotatable bonds is 5. The maximum atomic E-state index is 13.0. The molecule has 2 N–H and O–H groups in total. The first-order valence-electron chi connectivity index (χ1n) is 6.48. The van der Waals surface area contributed by atoms with Crippen LogP contribution in [0.25, 0.3) is 0 Å². The van der Waals surface area contributed by atoms with E-state index in [9.17, 15) is 14.0 Å². The largest absolute Gasteiger partial charge is 0.347 e. The highest BCUT2D eigenvalue weighted by atomic mass is 32.1. The second-order valence-electron chi connectivity index (χ2n) is 4.40. The molecule has 0 unspecified atom stereocenters. The number of nitrogens with one attached hydrogen (secondary N) is 2. The summed E-state index contributed by atoms with van der Waals surface area (Å²) in [6.07, 6.45) is 0.695. The number of benzene rings is 1. The van der Waals surface area contributed by atoms with Crippen LogP contribution in [-0.4, -0.2) is 18.4 Å². The molecule has 0 spiro atoms. The molecule has 2 rings (SSSR count). The monoisotopic (exact) mass is 306 g/mol. The number of carbonyl (C=O) groups is 2. The number of halogens is 1. The molecule has 0 saturated heterocycles. The fraction of sp³-hybridized carbons (Fsp3) is 0.200. The highest BCUT2D eigenvalue weighted by Crippen LogP contribution is 2.08. The average molecular weight is 306 g/mol. The molecule has 6 heteroatoms. The molecule has 1 heterocycles. The Balaban J connectivity index is 1.71. The van der Waals surface area contributed by atoms with Gasteiger partial charge in [-0.2, -0.15) is 0 Å². The molecule has 110 valence electrons. The summed E-state index contributed by atoms with van der Waals surface area (Å²) in [5, 5.41) is 6.97. The van der Waals surface area contributed by atoms with Gasteiger partial charge in [-0.05, 0) is 35.6 Å². The molecule has 0 bridgehead atoms. The standard InChI is InChI=1S/C15H15FN2O2S/c16-12-4-1-3-11(9-12)10-18-15(20)14(19)17-7-6-13-5-2-8-21-13/h1-5,8-9H,6-7,10H2,(H,17,19)(H,18,20). The van der Waals surface area contributed by atoms with Crippen molar-refractivity contribution in [3.8, 4) is 0 Å². The fourth-order valence-electron chi connectivity index (χ4n) is 1.74. The Morgan fingerprint density at radius 1 is 1.10 bits per heavy atom. The third kappa shape index (κ3) is 5.00. The summed E-state index contributed by atoms with van der Waals surface area (Å²) < 4.78 is 13.0. The Labute approximate surface area is 126 Å². The lowest BCUT2D eigenvalue weighted by atomic mass is 10.2. The Hall–Kier alpha value is -2.21. The lowest BCUT2D eigenvalue weighted by molar-refractivity contribution is -0.139. The minimum atomic E-state index is -0.717. The Kier molecular flexibility index (Phi) is 5.45. The first kappa shape index (κ1) is 15.2. The van der Waals surface area contributed by atoms with Crippen LogP contribution >= 0.6 is 11.3 Å². The first-order chi connectivity index (χ1) is 10.1. The highest BCUT2D eigenvalue weighted by molar-refractivity contribution is 7.09. The van der Waals surface area contributed by atoms with E-state index in [1.807, 2.05) is 17.5 Å². The van der Waals surface area contributed by atoms with Gasteiger partial charge in [-0.3, -0.25) is 9.59 Å². The van der Waals surface area contributed by atoms with Crippen molar-refractivity contribution in [3.05, 3.63) is 58.0 Å². The van der Waals surface area contributed by atoms with Gasteiger partial charge >= 0.3 is 11.8 Å². The van der Waals surface area contributed by atoms with Gasteiger partial charge in [0.25, 0.3) is 0 Å². The van der Waals surface area contributed by atoms with Crippen LogP contribution in [0.15, 0.2) is 41.8 Å². The van der Waals surface area contributed by atoms with E-state index >= 15 is 0 Å². The molecule has 0 atom stereocenters. The zero-order valence-electron chi connectivity index (χ0n) is 11.3. The van der Waals surface area contributed by atoms with E-state index in [0.29, 0.717) is 18.5 Å². The van der Waals surface area contributed by atoms with E-state index in [-0.39, 0.29) is 12.4 Å². The van der Waals surface area contributed by atoms with Crippen molar-refractivity contribution in [2.45, 2.75) is 13.0 Å². The zero-order chi connectivity index (χ0) is 15.1. The van der Waals surface area contributed by atoms with E-state index < -0.39 is 11.8 Å². The SMILES string of the molecule is O=C(NCCc1cccs1)C(=O)NCc1cccc(F)c1. The lowest BCUT2D eigenvalue weighted by Crippen LogP contribution is -2.40. The van der Waals surface area contributed by atoms with E-state index in [4.69, 9.17) is 0 Å². The molecule has 0 fully saturated rings. The van der Waals surface area contributed by atoms with Crippen LogP contribution in [0.3, 0.4) is 0 Å². The quantitative estimate of drug-likeness (QED) is 0.829. The number of hydrogen-bond acceptors (Lipinski definition) is 3.